The van der Waals surface area contributed by atoms with E-state index in [9.17, 15) is 0 Å². The summed E-state index contributed by atoms with van der Waals surface area (Å²) in [5.41, 5.74) is 0. The Balaban J connectivity index is 2.44. The number of hydrogen-bond acceptors (Lipinski definition) is 1. The van der Waals surface area contributed by atoms with Gasteiger partial charge in [0.2, 0.25) is 0 Å². The van der Waals surface area contributed by atoms with Crippen molar-refractivity contribution in [3.63, 3.8) is 0 Å². The maximum atomic E-state index is 3.39. The molecular weight excluding hydrogens is 124 g/mol. The van der Waals surface area contributed by atoms with Gasteiger partial charge in [0.1, 0.15) is 0 Å². The predicted molar refractivity (Wildman–Crippen MR) is 43.9 cm³/mol. The standard InChI is InChI=1S/C8H19N2/c1-3-10(4-2)7-5-9-6-8-10/h9H,3-8H2,1-2H3/q+1. The summed E-state index contributed by atoms with van der Waals surface area (Å²) in [6, 6.07) is 0. The molecule has 1 fully saturated rings. The minimum absolute atomic E-state index is 1.21. The van der Waals surface area contributed by atoms with Crippen LogP contribution in [-0.4, -0.2) is 43.8 Å². The molecule has 2 heteroatoms. The van der Waals surface area contributed by atoms with Crippen molar-refractivity contribution in [3.8, 4) is 0 Å². The van der Waals surface area contributed by atoms with Crippen molar-refractivity contribution in [2.24, 2.45) is 0 Å². The first-order valence-electron chi connectivity index (χ1n) is 4.39. The van der Waals surface area contributed by atoms with E-state index in [1.807, 2.05) is 0 Å². The van der Waals surface area contributed by atoms with Gasteiger partial charge in [0.05, 0.1) is 26.2 Å². The van der Waals surface area contributed by atoms with E-state index in [-0.39, 0.29) is 0 Å². The SMILES string of the molecule is CC[N+]1(CC)CCNCC1. The normalized spacial score (nSPS) is 24.6. The lowest BCUT2D eigenvalue weighted by atomic mass is 10.2. The summed E-state index contributed by atoms with van der Waals surface area (Å²) < 4.78 is 1.33. The number of nitrogens with zero attached hydrogens (tertiary/aromatic N) is 1. The minimum atomic E-state index is 1.21. The molecule has 0 aromatic rings. The van der Waals surface area contributed by atoms with Crippen LogP contribution in [0.1, 0.15) is 13.8 Å². The van der Waals surface area contributed by atoms with Crippen molar-refractivity contribution in [1.82, 2.24) is 5.32 Å². The molecule has 0 aromatic carbocycles. The van der Waals surface area contributed by atoms with E-state index in [4.69, 9.17) is 0 Å². The highest BCUT2D eigenvalue weighted by Gasteiger charge is 2.24. The zero-order valence-electron chi connectivity index (χ0n) is 7.19. The van der Waals surface area contributed by atoms with Gasteiger partial charge in [-0.05, 0) is 13.8 Å². The van der Waals surface area contributed by atoms with Crippen LogP contribution in [0, 0.1) is 0 Å². The molecule has 0 bridgehead atoms. The zero-order valence-corrected chi connectivity index (χ0v) is 7.19. The molecule has 0 saturated carbocycles. The average molecular weight is 143 g/mol. The third-order valence-corrected chi connectivity index (χ3v) is 2.87. The Morgan fingerprint density at radius 1 is 1.10 bits per heavy atom. The lowest BCUT2D eigenvalue weighted by Gasteiger charge is -2.40. The van der Waals surface area contributed by atoms with E-state index in [1.165, 1.54) is 43.8 Å². The van der Waals surface area contributed by atoms with Crippen molar-refractivity contribution in [2.75, 3.05) is 39.3 Å². The maximum Gasteiger partial charge on any atom is 0.0913 e. The number of rotatable bonds is 2. The minimum Gasteiger partial charge on any atom is -0.322 e. The molecule has 10 heavy (non-hydrogen) atoms. The molecule has 1 heterocycles. The van der Waals surface area contributed by atoms with E-state index < -0.39 is 0 Å². The van der Waals surface area contributed by atoms with Crippen LogP contribution in [-0.2, 0) is 0 Å². The Morgan fingerprint density at radius 3 is 1.90 bits per heavy atom. The van der Waals surface area contributed by atoms with Crippen LogP contribution in [0.5, 0.6) is 0 Å². The Labute approximate surface area is 63.8 Å². The molecule has 0 spiro atoms. The largest absolute Gasteiger partial charge is 0.322 e. The number of likely N-dealkylation sites (N-methyl/N-ethyl adjacent to an activating group) is 1. The molecule has 0 amide bonds. The van der Waals surface area contributed by atoms with E-state index in [0.717, 1.165) is 0 Å². The molecule has 60 valence electrons. The van der Waals surface area contributed by atoms with Gasteiger partial charge in [-0.1, -0.05) is 0 Å². The van der Waals surface area contributed by atoms with Gasteiger partial charge in [-0.25, -0.2) is 0 Å². The quantitative estimate of drug-likeness (QED) is 0.553. The monoisotopic (exact) mass is 143 g/mol. The Bertz CT molecular complexity index is 89.4. The zero-order chi connectivity index (χ0) is 7.45. The lowest BCUT2D eigenvalue weighted by Crippen LogP contribution is -2.58. The van der Waals surface area contributed by atoms with Crippen molar-refractivity contribution in [2.45, 2.75) is 13.8 Å². The second-order valence-corrected chi connectivity index (χ2v) is 3.17. The smallest absolute Gasteiger partial charge is 0.0913 e. The highest BCUT2D eigenvalue weighted by Crippen LogP contribution is 2.06. The molecule has 1 aliphatic heterocycles. The second-order valence-electron chi connectivity index (χ2n) is 3.17. The number of piperazine rings is 1. The van der Waals surface area contributed by atoms with Gasteiger partial charge in [0.25, 0.3) is 0 Å². The first-order chi connectivity index (χ1) is 4.83. The predicted octanol–water partition coefficient (Wildman–Crippen LogP) is 0.446. The van der Waals surface area contributed by atoms with Crippen molar-refractivity contribution in [3.05, 3.63) is 0 Å². The number of nitrogens with one attached hydrogen (secondary N) is 1. The van der Waals surface area contributed by atoms with E-state index >= 15 is 0 Å². The van der Waals surface area contributed by atoms with Gasteiger partial charge in [0.15, 0.2) is 0 Å². The summed E-state index contributed by atoms with van der Waals surface area (Å²) in [6.07, 6.45) is 0. The lowest BCUT2D eigenvalue weighted by molar-refractivity contribution is -0.926. The summed E-state index contributed by atoms with van der Waals surface area (Å²) in [6.45, 7) is 12.3. The summed E-state index contributed by atoms with van der Waals surface area (Å²) in [4.78, 5) is 0. The molecule has 1 aliphatic rings. The molecule has 0 unspecified atom stereocenters. The van der Waals surface area contributed by atoms with Crippen LogP contribution in [0.15, 0.2) is 0 Å². The Hall–Kier alpha value is -0.0800. The van der Waals surface area contributed by atoms with Gasteiger partial charge in [-0.2, -0.15) is 0 Å². The van der Waals surface area contributed by atoms with E-state index in [0.29, 0.717) is 0 Å². The maximum absolute atomic E-state index is 3.39. The fraction of sp³-hybridized carbons (Fsp3) is 1.00. The number of quaternary nitrogens is 1. The van der Waals surface area contributed by atoms with Gasteiger partial charge in [-0.15, -0.1) is 0 Å². The Kier molecular flexibility index (Phi) is 2.69. The summed E-state index contributed by atoms with van der Waals surface area (Å²) in [5.74, 6) is 0. The Morgan fingerprint density at radius 2 is 1.60 bits per heavy atom. The molecule has 0 aromatic heterocycles. The molecule has 2 nitrogen and oxygen atoms in total. The molecule has 0 radical (unpaired) electrons. The fourth-order valence-electron chi connectivity index (χ4n) is 1.73. The van der Waals surface area contributed by atoms with Crippen LogP contribution in [0.2, 0.25) is 0 Å². The molecule has 0 aliphatic carbocycles. The van der Waals surface area contributed by atoms with Crippen LogP contribution in [0.3, 0.4) is 0 Å². The van der Waals surface area contributed by atoms with Gasteiger partial charge in [0, 0.05) is 13.1 Å². The third kappa shape index (κ3) is 1.50. The molecule has 0 atom stereocenters. The average Bonchev–Trinajstić information content (AvgIpc) is 2.06. The van der Waals surface area contributed by atoms with Gasteiger partial charge >= 0.3 is 0 Å². The van der Waals surface area contributed by atoms with E-state index in [2.05, 4.69) is 19.2 Å². The summed E-state index contributed by atoms with van der Waals surface area (Å²) in [5, 5.41) is 3.39. The topological polar surface area (TPSA) is 12.0 Å². The van der Waals surface area contributed by atoms with Gasteiger partial charge < -0.3 is 9.80 Å². The molecular formula is C8H19N2+. The molecule has 1 saturated heterocycles. The van der Waals surface area contributed by atoms with Crippen LogP contribution >= 0.6 is 0 Å². The van der Waals surface area contributed by atoms with Crippen LogP contribution < -0.4 is 5.32 Å². The van der Waals surface area contributed by atoms with Crippen molar-refractivity contribution >= 4 is 0 Å². The van der Waals surface area contributed by atoms with Crippen molar-refractivity contribution in [1.29, 1.82) is 0 Å². The van der Waals surface area contributed by atoms with Gasteiger partial charge in [-0.3, -0.25) is 0 Å². The molecule has 1 rings (SSSR count). The van der Waals surface area contributed by atoms with Crippen LogP contribution in [0.25, 0.3) is 0 Å². The van der Waals surface area contributed by atoms with Crippen molar-refractivity contribution < 1.29 is 4.48 Å². The first kappa shape index (κ1) is 8.02. The fourth-order valence-corrected chi connectivity index (χ4v) is 1.73. The first-order valence-corrected chi connectivity index (χ1v) is 4.39. The third-order valence-electron chi connectivity index (χ3n) is 2.87. The second kappa shape index (κ2) is 3.35. The molecule has 1 N–H and O–H groups in total. The number of hydrogen-bond donors (Lipinski definition) is 1. The van der Waals surface area contributed by atoms with Crippen LogP contribution in [0.4, 0.5) is 0 Å². The van der Waals surface area contributed by atoms with E-state index in [1.54, 1.807) is 0 Å². The summed E-state index contributed by atoms with van der Waals surface area (Å²) in [7, 11) is 0. The highest BCUT2D eigenvalue weighted by molar-refractivity contribution is 4.55. The summed E-state index contributed by atoms with van der Waals surface area (Å²) >= 11 is 0. The highest BCUT2D eigenvalue weighted by atomic mass is 15.4.